The van der Waals surface area contributed by atoms with E-state index in [0.29, 0.717) is 17.5 Å². The van der Waals surface area contributed by atoms with Gasteiger partial charge >= 0.3 is 0 Å². The fraction of sp³-hybridized carbons (Fsp3) is 0.739. The predicted octanol–water partition coefficient (Wildman–Crippen LogP) is 3.39. The molecule has 2 fully saturated rings. The average molecular weight is 420 g/mol. The van der Waals surface area contributed by atoms with Crippen LogP contribution in [0.4, 0.5) is 0 Å². The molecule has 2 heterocycles. The van der Waals surface area contributed by atoms with Crippen LogP contribution >= 0.6 is 0 Å². The summed E-state index contributed by atoms with van der Waals surface area (Å²) >= 11 is 0. The highest BCUT2D eigenvalue weighted by molar-refractivity contribution is 7.89. The molecule has 1 aromatic carbocycles. The van der Waals surface area contributed by atoms with Gasteiger partial charge < -0.3 is 4.90 Å². The minimum atomic E-state index is -3.43. The Labute approximate surface area is 176 Å². The number of sulfonamides is 1. The molecule has 2 aliphatic heterocycles. The van der Waals surface area contributed by atoms with Crippen molar-refractivity contribution in [1.82, 2.24) is 14.5 Å². The summed E-state index contributed by atoms with van der Waals surface area (Å²) in [6.07, 6.45) is 11.2. The van der Waals surface area contributed by atoms with Gasteiger partial charge in [0.2, 0.25) is 10.0 Å². The molecule has 3 aliphatic rings. The molecule has 0 aromatic heterocycles. The standard InChI is InChI=1S/C23H37N3O2S/c1-25-14-5-8-22(25)11-13-24-29(27,28)23-10-9-20-12-15-26(18-21(20)16-23)17-19-6-3-2-4-7-19/h9-10,16,19,22,24H,2-8,11-15,17-18H2,1H3/t22-/m1/s1. The normalized spacial score (nSPS) is 24.7. The number of hydrogen-bond donors (Lipinski definition) is 1. The summed E-state index contributed by atoms with van der Waals surface area (Å²) in [6, 6.07) is 6.26. The minimum absolute atomic E-state index is 0.426. The number of nitrogens with zero attached hydrogens (tertiary/aromatic N) is 2. The maximum absolute atomic E-state index is 12.8. The Morgan fingerprint density at radius 3 is 2.62 bits per heavy atom. The van der Waals surface area contributed by atoms with E-state index in [1.807, 2.05) is 12.1 Å². The summed E-state index contributed by atoms with van der Waals surface area (Å²) < 4.78 is 28.5. The minimum Gasteiger partial charge on any atom is -0.303 e. The lowest BCUT2D eigenvalue weighted by Gasteiger charge is -2.33. The van der Waals surface area contributed by atoms with Crippen LogP contribution in [0.5, 0.6) is 0 Å². The van der Waals surface area contributed by atoms with Crippen LogP contribution in [-0.4, -0.2) is 57.5 Å². The molecule has 162 valence electrons. The van der Waals surface area contributed by atoms with Gasteiger partial charge in [-0.15, -0.1) is 0 Å². The molecule has 4 rings (SSSR count). The fourth-order valence-electron chi connectivity index (χ4n) is 5.44. The lowest BCUT2D eigenvalue weighted by atomic mass is 9.88. The number of benzene rings is 1. The van der Waals surface area contributed by atoms with E-state index in [1.54, 1.807) is 6.07 Å². The Hall–Kier alpha value is -0.950. The van der Waals surface area contributed by atoms with E-state index >= 15 is 0 Å². The van der Waals surface area contributed by atoms with Crippen LogP contribution in [0.25, 0.3) is 0 Å². The Kier molecular flexibility index (Phi) is 6.94. The molecule has 0 radical (unpaired) electrons. The second-order valence-corrected chi connectivity index (χ2v) is 11.1. The summed E-state index contributed by atoms with van der Waals surface area (Å²) in [4.78, 5) is 5.31. The van der Waals surface area contributed by atoms with Gasteiger partial charge in [0.15, 0.2) is 0 Å². The molecule has 1 N–H and O–H groups in total. The van der Waals surface area contributed by atoms with Crippen LogP contribution in [0.3, 0.4) is 0 Å². The van der Waals surface area contributed by atoms with Crippen LogP contribution in [-0.2, 0) is 23.0 Å². The highest BCUT2D eigenvalue weighted by atomic mass is 32.2. The third-order valence-corrected chi connectivity index (χ3v) is 8.72. The number of fused-ring (bicyclic) bond motifs is 1. The fourth-order valence-corrected chi connectivity index (χ4v) is 6.53. The molecule has 29 heavy (non-hydrogen) atoms. The number of likely N-dealkylation sites (tertiary alicyclic amines) is 1. The third kappa shape index (κ3) is 5.40. The highest BCUT2D eigenvalue weighted by Gasteiger charge is 2.24. The van der Waals surface area contributed by atoms with Crippen LogP contribution in [0.1, 0.15) is 62.5 Å². The van der Waals surface area contributed by atoms with E-state index in [-0.39, 0.29) is 0 Å². The first-order valence-electron chi connectivity index (χ1n) is 11.6. The third-order valence-electron chi connectivity index (χ3n) is 7.26. The van der Waals surface area contributed by atoms with Crippen molar-refractivity contribution in [3.63, 3.8) is 0 Å². The zero-order chi connectivity index (χ0) is 20.3. The molecular formula is C23H37N3O2S. The van der Waals surface area contributed by atoms with E-state index in [4.69, 9.17) is 0 Å². The molecule has 1 saturated heterocycles. The maximum Gasteiger partial charge on any atom is 0.240 e. The summed E-state index contributed by atoms with van der Waals surface area (Å²) in [5, 5.41) is 0. The summed E-state index contributed by atoms with van der Waals surface area (Å²) in [7, 11) is -1.30. The van der Waals surface area contributed by atoms with Crippen molar-refractivity contribution in [3.05, 3.63) is 29.3 Å². The first kappa shape index (κ1) is 21.3. The molecule has 0 unspecified atom stereocenters. The van der Waals surface area contributed by atoms with Gasteiger partial charge in [0.25, 0.3) is 0 Å². The smallest absolute Gasteiger partial charge is 0.240 e. The van der Waals surface area contributed by atoms with Crippen molar-refractivity contribution in [3.8, 4) is 0 Å². The summed E-state index contributed by atoms with van der Waals surface area (Å²) in [6.45, 7) is 4.80. The van der Waals surface area contributed by atoms with Crippen molar-refractivity contribution >= 4 is 10.0 Å². The van der Waals surface area contributed by atoms with Gasteiger partial charge in [0.05, 0.1) is 4.90 Å². The van der Waals surface area contributed by atoms with E-state index < -0.39 is 10.0 Å². The van der Waals surface area contributed by atoms with E-state index in [2.05, 4.69) is 21.6 Å². The second-order valence-electron chi connectivity index (χ2n) is 9.38. The van der Waals surface area contributed by atoms with Gasteiger partial charge in [-0.3, -0.25) is 4.90 Å². The molecule has 0 amide bonds. The average Bonchev–Trinajstić information content (AvgIpc) is 3.13. The number of hydrogen-bond acceptors (Lipinski definition) is 4. The van der Waals surface area contributed by atoms with Crippen LogP contribution in [0.15, 0.2) is 23.1 Å². The van der Waals surface area contributed by atoms with Gasteiger partial charge in [-0.25, -0.2) is 13.1 Å². The quantitative estimate of drug-likeness (QED) is 0.736. The highest BCUT2D eigenvalue weighted by Crippen LogP contribution is 2.28. The van der Waals surface area contributed by atoms with Crippen LogP contribution in [0.2, 0.25) is 0 Å². The van der Waals surface area contributed by atoms with Gasteiger partial charge in [-0.1, -0.05) is 25.3 Å². The van der Waals surface area contributed by atoms with Gasteiger partial charge in [-0.05, 0) is 81.3 Å². The van der Waals surface area contributed by atoms with Crippen LogP contribution in [0, 0.1) is 5.92 Å². The monoisotopic (exact) mass is 419 g/mol. The molecule has 6 heteroatoms. The summed E-state index contributed by atoms with van der Waals surface area (Å²) in [5.41, 5.74) is 2.52. The second kappa shape index (κ2) is 9.46. The lowest BCUT2D eigenvalue weighted by Crippen LogP contribution is -2.35. The molecule has 0 bridgehead atoms. The van der Waals surface area contributed by atoms with Crippen molar-refractivity contribution in [2.75, 3.05) is 33.2 Å². The topological polar surface area (TPSA) is 52.7 Å². The predicted molar refractivity (Wildman–Crippen MR) is 117 cm³/mol. The number of nitrogens with one attached hydrogen (secondary N) is 1. The maximum atomic E-state index is 12.8. The largest absolute Gasteiger partial charge is 0.303 e. The van der Waals surface area contributed by atoms with E-state index in [1.165, 1.54) is 62.6 Å². The molecular weight excluding hydrogens is 382 g/mol. The SMILES string of the molecule is CN1CCC[C@@H]1CCNS(=O)(=O)c1ccc2c(c1)CN(CC1CCCCC1)CC2. The Morgan fingerprint density at radius 1 is 1.03 bits per heavy atom. The van der Waals surface area contributed by atoms with Crippen molar-refractivity contribution in [1.29, 1.82) is 0 Å². The van der Waals surface area contributed by atoms with Crippen molar-refractivity contribution < 1.29 is 8.42 Å². The van der Waals surface area contributed by atoms with E-state index in [0.717, 1.165) is 38.4 Å². The Bertz CT molecular complexity index is 789. The summed E-state index contributed by atoms with van der Waals surface area (Å²) in [5.74, 6) is 0.826. The first-order chi connectivity index (χ1) is 14.0. The van der Waals surface area contributed by atoms with E-state index in [9.17, 15) is 8.42 Å². The van der Waals surface area contributed by atoms with Gasteiger partial charge in [0, 0.05) is 32.2 Å². The lowest BCUT2D eigenvalue weighted by molar-refractivity contribution is 0.187. The van der Waals surface area contributed by atoms with Crippen LogP contribution < -0.4 is 4.72 Å². The molecule has 1 atom stereocenters. The molecule has 0 spiro atoms. The first-order valence-corrected chi connectivity index (χ1v) is 13.0. The Morgan fingerprint density at radius 2 is 1.86 bits per heavy atom. The van der Waals surface area contributed by atoms with Gasteiger partial charge in [-0.2, -0.15) is 0 Å². The van der Waals surface area contributed by atoms with Gasteiger partial charge in [0.1, 0.15) is 0 Å². The molecule has 1 aromatic rings. The zero-order valence-corrected chi connectivity index (χ0v) is 18.7. The van der Waals surface area contributed by atoms with Crippen molar-refractivity contribution in [2.45, 2.75) is 75.3 Å². The molecule has 1 aliphatic carbocycles. The molecule has 5 nitrogen and oxygen atoms in total. The Balaban J connectivity index is 1.35. The zero-order valence-electron chi connectivity index (χ0n) is 17.9. The molecule has 1 saturated carbocycles. The van der Waals surface area contributed by atoms with Crippen molar-refractivity contribution in [2.24, 2.45) is 5.92 Å². The number of rotatable bonds is 7.